The molecule has 0 aromatic rings. The third-order valence-electron chi connectivity index (χ3n) is 4.19. The van der Waals surface area contributed by atoms with Gasteiger partial charge < -0.3 is 26.3 Å². The number of hydrogen-bond acceptors (Lipinski definition) is 5. The van der Waals surface area contributed by atoms with Gasteiger partial charge in [0.1, 0.15) is 0 Å². The van der Waals surface area contributed by atoms with Crippen molar-refractivity contribution in [1.82, 2.24) is 5.32 Å². The number of halogens is 2. The Kier molecular flexibility index (Phi) is 9.38. The summed E-state index contributed by atoms with van der Waals surface area (Å²) in [6, 6.07) is -1.89. The van der Waals surface area contributed by atoms with Crippen molar-refractivity contribution in [1.29, 1.82) is 0 Å². The molecule has 0 aliphatic heterocycles. The molecule has 0 saturated carbocycles. The van der Waals surface area contributed by atoms with Crippen LogP contribution in [0.3, 0.4) is 0 Å². The maximum absolute atomic E-state index is 12.8. The van der Waals surface area contributed by atoms with E-state index in [0.29, 0.717) is 12.8 Å². The summed E-state index contributed by atoms with van der Waals surface area (Å²) in [5.74, 6) is -0.308. The summed E-state index contributed by atoms with van der Waals surface area (Å²) in [5, 5.41) is 2.22. The van der Waals surface area contributed by atoms with E-state index < -0.39 is 36.5 Å². The van der Waals surface area contributed by atoms with E-state index in [4.69, 9.17) is 27.4 Å². The van der Waals surface area contributed by atoms with E-state index in [0.717, 1.165) is 0 Å². The average molecular weight is 400 g/mol. The molecule has 5 N–H and O–H groups in total. The smallest absolute Gasteiger partial charge is 0.334 e. The monoisotopic (exact) mass is 400 g/mol. The minimum Gasteiger partial charge on any atom is -0.449 e. The molecule has 0 aromatic heterocycles. The number of hydrogen-bond donors (Lipinski definition) is 3. The van der Waals surface area contributed by atoms with Crippen LogP contribution in [0, 0.1) is 12.3 Å². The molecule has 0 unspecified atom stereocenters. The Morgan fingerprint density at radius 3 is 2.54 bits per heavy atom. The lowest BCUT2D eigenvalue weighted by molar-refractivity contribution is -0.138. The quantitative estimate of drug-likeness (QED) is 0.223. The second kappa shape index (κ2) is 11.2. The van der Waals surface area contributed by atoms with E-state index in [1.165, 1.54) is 6.08 Å². The first-order valence-corrected chi connectivity index (χ1v) is 8.87. The molecule has 0 bridgehead atoms. The summed E-state index contributed by atoms with van der Waals surface area (Å²) in [6.45, 7) is 3.55. The molecule has 1 aliphatic carbocycles. The van der Waals surface area contributed by atoms with Gasteiger partial charge in [0.15, 0.2) is 12.6 Å². The lowest BCUT2D eigenvalue weighted by atomic mass is 9.87. The number of terminal acetylenes is 1. The Bertz CT molecular complexity index is 652. The summed E-state index contributed by atoms with van der Waals surface area (Å²) in [4.78, 5) is 27.8. The SMILES string of the molecule is C#CCOC(=O)C1=C[C@@H](OC(CC)CC)[C@H](NC(=O)C(F)F)[C@@H](N=C(N)N)C1. The van der Waals surface area contributed by atoms with Gasteiger partial charge in [-0.25, -0.2) is 9.79 Å². The Balaban J connectivity index is 3.28. The molecule has 3 atom stereocenters. The van der Waals surface area contributed by atoms with Crippen LogP contribution < -0.4 is 16.8 Å². The fourth-order valence-electron chi connectivity index (χ4n) is 2.84. The van der Waals surface area contributed by atoms with Gasteiger partial charge in [0.25, 0.3) is 5.91 Å². The molecule has 1 amide bonds. The van der Waals surface area contributed by atoms with Crippen molar-refractivity contribution < 1.29 is 27.8 Å². The highest BCUT2D eigenvalue weighted by Gasteiger charge is 2.39. The molecular formula is C18H26F2N4O4. The molecule has 1 rings (SSSR count). The third-order valence-corrected chi connectivity index (χ3v) is 4.19. The molecule has 0 radical (unpaired) electrons. The number of ether oxygens (including phenoxy) is 2. The van der Waals surface area contributed by atoms with Crippen molar-refractivity contribution >= 4 is 17.8 Å². The van der Waals surface area contributed by atoms with Gasteiger partial charge in [0, 0.05) is 12.0 Å². The topological polar surface area (TPSA) is 129 Å². The minimum absolute atomic E-state index is 0.0434. The predicted octanol–water partition coefficient (Wildman–Crippen LogP) is 0.459. The van der Waals surface area contributed by atoms with Crippen molar-refractivity contribution in [3.8, 4) is 12.3 Å². The van der Waals surface area contributed by atoms with Gasteiger partial charge in [-0.2, -0.15) is 8.78 Å². The van der Waals surface area contributed by atoms with Gasteiger partial charge >= 0.3 is 12.4 Å². The van der Waals surface area contributed by atoms with Crippen molar-refractivity contribution in [2.75, 3.05) is 6.61 Å². The highest BCUT2D eigenvalue weighted by molar-refractivity contribution is 5.89. The number of carbonyl (C=O) groups excluding carboxylic acids is 2. The molecule has 0 spiro atoms. The first-order chi connectivity index (χ1) is 13.2. The minimum atomic E-state index is -3.22. The van der Waals surface area contributed by atoms with Crippen molar-refractivity contribution in [3.63, 3.8) is 0 Å². The number of alkyl halides is 2. The largest absolute Gasteiger partial charge is 0.449 e. The summed E-state index contributed by atoms with van der Waals surface area (Å²) in [6.07, 6.45) is 3.40. The number of carbonyl (C=O) groups is 2. The standard InChI is InChI=1S/C18H26F2N4O4/c1-4-7-27-17(26)10-8-12(23-18(21)22)14(24-16(25)15(19)20)13(9-10)28-11(5-2)6-3/h1,9,11-15H,5-8H2,2-3H3,(H,24,25)(H4,21,22,23)/t12-,13+,14+/m0/s1. The Morgan fingerprint density at radius 1 is 1.39 bits per heavy atom. The van der Waals surface area contributed by atoms with Crippen molar-refractivity contribution in [3.05, 3.63) is 11.6 Å². The van der Waals surface area contributed by atoms with E-state index in [9.17, 15) is 18.4 Å². The highest BCUT2D eigenvalue weighted by Crippen LogP contribution is 2.27. The maximum atomic E-state index is 12.8. The van der Waals surface area contributed by atoms with E-state index in [2.05, 4.69) is 16.2 Å². The van der Waals surface area contributed by atoms with Gasteiger partial charge in [-0.3, -0.25) is 4.79 Å². The number of nitrogens with zero attached hydrogens (tertiary/aromatic N) is 1. The molecule has 156 valence electrons. The molecule has 28 heavy (non-hydrogen) atoms. The van der Waals surface area contributed by atoms with Gasteiger partial charge in [-0.15, -0.1) is 6.42 Å². The summed E-state index contributed by atoms with van der Waals surface area (Å²) >= 11 is 0. The highest BCUT2D eigenvalue weighted by atomic mass is 19.3. The van der Waals surface area contributed by atoms with Crippen LogP contribution >= 0.6 is 0 Å². The van der Waals surface area contributed by atoms with Crippen molar-refractivity contribution in [2.24, 2.45) is 16.5 Å². The fourth-order valence-corrected chi connectivity index (χ4v) is 2.84. The molecule has 0 fully saturated rings. The van der Waals surface area contributed by atoms with Gasteiger partial charge in [0.2, 0.25) is 0 Å². The van der Waals surface area contributed by atoms with Crippen LogP contribution in [0.25, 0.3) is 0 Å². The van der Waals surface area contributed by atoms with Crippen LogP contribution in [-0.2, 0) is 19.1 Å². The average Bonchev–Trinajstić information content (AvgIpc) is 2.65. The van der Waals surface area contributed by atoms with Crippen molar-refractivity contribution in [2.45, 2.75) is 63.8 Å². The lowest BCUT2D eigenvalue weighted by Gasteiger charge is -2.36. The zero-order valence-electron chi connectivity index (χ0n) is 15.9. The number of nitrogens with one attached hydrogen (secondary N) is 1. The first kappa shape index (κ1) is 23.4. The number of aliphatic imine (C=N–C) groups is 1. The van der Waals surface area contributed by atoms with Crippen LogP contribution in [-0.4, -0.2) is 55.2 Å². The second-order valence-electron chi connectivity index (χ2n) is 6.17. The van der Waals surface area contributed by atoms with E-state index in [1.54, 1.807) is 0 Å². The van der Waals surface area contributed by atoms with E-state index in [1.807, 2.05) is 13.8 Å². The van der Waals surface area contributed by atoms with E-state index >= 15 is 0 Å². The molecule has 8 nitrogen and oxygen atoms in total. The molecule has 0 saturated heterocycles. The predicted molar refractivity (Wildman–Crippen MR) is 99.3 cm³/mol. The normalized spacial score (nSPS) is 21.6. The van der Waals surface area contributed by atoms with Gasteiger partial charge in [-0.05, 0) is 18.9 Å². The fraction of sp³-hybridized carbons (Fsp3) is 0.611. The number of nitrogens with two attached hydrogens (primary N) is 2. The molecule has 1 aliphatic rings. The first-order valence-electron chi connectivity index (χ1n) is 8.87. The number of guanidine groups is 1. The van der Waals surface area contributed by atoms with Crippen LogP contribution in [0.15, 0.2) is 16.6 Å². The summed E-state index contributed by atoms with van der Waals surface area (Å²) in [7, 11) is 0. The molecule has 10 heteroatoms. The summed E-state index contributed by atoms with van der Waals surface area (Å²) in [5.41, 5.74) is 11.1. The van der Waals surface area contributed by atoms with Crippen LogP contribution in [0.1, 0.15) is 33.1 Å². The number of rotatable bonds is 9. The summed E-state index contributed by atoms with van der Waals surface area (Å²) < 4.78 is 36.5. The molecular weight excluding hydrogens is 374 g/mol. The molecule has 0 heterocycles. The number of esters is 1. The van der Waals surface area contributed by atoms with Gasteiger partial charge in [-0.1, -0.05) is 19.8 Å². The van der Waals surface area contributed by atoms with E-state index in [-0.39, 0.29) is 30.7 Å². The lowest BCUT2D eigenvalue weighted by Crippen LogP contribution is -2.55. The maximum Gasteiger partial charge on any atom is 0.334 e. The zero-order valence-corrected chi connectivity index (χ0v) is 15.9. The van der Waals surface area contributed by atoms with Gasteiger partial charge in [0.05, 0.1) is 24.3 Å². The van der Waals surface area contributed by atoms with Crippen LogP contribution in [0.4, 0.5) is 8.78 Å². The molecule has 0 aromatic carbocycles. The zero-order chi connectivity index (χ0) is 21.3. The number of amides is 1. The van der Waals surface area contributed by atoms with Crippen LogP contribution in [0.2, 0.25) is 0 Å². The Labute approximate surface area is 162 Å². The Morgan fingerprint density at radius 2 is 2.04 bits per heavy atom. The Hall–Kier alpha value is -2.67. The second-order valence-corrected chi connectivity index (χ2v) is 6.17. The third kappa shape index (κ3) is 6.81. The van der Waals surface area contributed by atoms with Crippen LogP contribution in [0.5, 0.6) is 0 Å².